The molecule has 1 rings (SSSR count). The molecule has 0 heterocycles. The van der Waals surface area contributed by atoms with Gasteiger partial charge in [0.25, 0.3) is 0 Å². The summed E-state index contributed by atoms with van der Waals surface area (Å²) in [5, 5.41) is 18.8. The molecule has 0 saturated heterocycles. The second kappa shape index (κ2) is 6.59. The van der Waals surface area contributed by atoms with Crippen LogP contribution >= 0.6 is 11.8 Å². The van der Waals surface area contributed by atoms with E-state index in [1.807, 2.05) is 12.3 Å². The maximum atomic E-state index is 12.2. The monoisotopic (exact) mass is 314 g/mol. The lowest BCUT2D eigenvalue weighted by atomic mass is 10.1. The molecule has 0 aliphatic carbocycles. The van der Waals surface area contributed by atoms with Crippen molar-refractivity contribution >= 4 is 21.8 Å². The van der Waals surface area contributed by atoms with E-state index in [9.17, 15) is 13.5 Å². The fourth-order valence-electron chi connectivity index (χ4n) is 1.65. The molecule has 5 nitrogen and oxygen atoms in total. The van der Waals surface area contributed by atoms with Gasteiger partial charge in [0.05, 0.1) is 22.1 Å². The molecule has 0 aliphatic heterocycles. The topological polar surface area (TPSA) is 90.2 Å². The van der Waals surface area contributed by atoms with E-state index < -0.39 is 15.6 Å². The van der Waals surface area contributed by atoms with Crippen molar-refractivity contribution in [2.75, 3.05) is 18.6 Å². The number of hydrogen-bond donors (Lipinski definition) is 2. The molecule has 1 atom stereocenters. The van der Waals surface area contributed by atoms with Gasteiger partial charge in [-0.1, -0.05) is 6.07 Å². The molecule has 0 aliphatic rings. The summed E-state index contributed by atoms with van der Waals surface area (Å²) in [6, 6.07) is 6.41. The van der Waals surface area contributed by atoms with Gasteiger partial charge in [0.1, 0.15) is 0 Å². The minimum atomic E-state index is -3.75. The molecular weight excluding hydrogens is 296 g/mol. The molecule has 20 heavy (non-hydrogen) atoms. The van der Waals surface area contributed by atoms with Crippen molar-refractivity contribution in [2.45, 2.75) is 24.3 Å². The molecule has 0 fully saturated rings. The van der Waals surface area contributed by atoms with E-state index in [0.717, 1.165) is 0 Å². The fraction of sp³-hybridized carbons (Fsp3) is 0.462. The number of rotatable bonds is 6. The van der Waals surface area contributed by atoms with Crippen molar-refractivity contribution in [1.29, 1.82) is 5.26 Å². The number of sulfonamides is 1. The lowest BCUT2D eigenvalue weighted by Gasteiger charge is -2.22. The Morgan fingerprint density at radius 3 is 2.70 bits per heavy atom. The van der Waals surface area contributed by atoms with E-state index in [2.05, 4.69) is 4.72 Å². The van der Waals surface area contributed by atoms with Crippen molar-refractivity contribution in [3.8, 4) is 6.07 Å². The summed E-state index contributed by atoms with van der Waals surface area (Å²) in [5.74, 6) is 0.423. The van der Waals surface area contributed by atoms with E-state index in [1.165, 1.54) is 17.8 Å². The van der Waals surface area contributed by atoms with Gasteiger partial charge < -0.3 is 5.11 Å². The van der Waals surface area contributed by atoms with Gasteiger partial charge in [-0.05, 0) is 37.8 Å². The highest BCUT2D eigenvalue weighted by molar-refractivity contribution is 7.98. The van der Waals surface area contributed by atoms with Crippen molar-refractivity contribution in [3.63, 3.8) is 0 Å². The molecule has 0 saturated carbocycles. The quantitative estimate of drug-likeness (QED) is 0.825. The Morgan fingerprint density at radius 1 is 1.50 bits per heavy atom. The van der Waals surface area contributed by atoms with Crippen LogP contribution in [0, 0.1) is 18.3 Å². The van der Waals surface area contributed by atoms with Crippen molar-refractivity contribution in [2.24, 2.45) is 0 Å². The van der Waals surface area contributed by atoms with E-state index in [1.54, 1.807) is 26.0 Å². The molecule has 1 aromatic carbocycles. The molecular formula is C13H18N2O3S2. The Labute approximate surface area is 124 Å². The Hall–Kier alpha value is -1.07. The van der Waals surface area contributed by atoms with Gasteiger partial charge >= 0.3 is 0 Å². The van der Waals surface area contributed by atoms with Crippen LogP contribution in [-0.4, -0.2) is 37.7 Å². The first kappa shape index (κ1) is 17.0. The van der Waals surface area contributed by atoms with Crippen LogP contribution in [-0.2, 0) is 10.0 Å². The summed E-state index contributed by atoms with van der Waals surface area (Å²) in [6.07, 6.45) is 1.84. The van der Waals surface area contributed by atoms with Crippen LogP contribution in [0.1, 0.15) is 18.1 Å². The predicted octanol–water partition coefficient (Wildman–Crippen LogP) is 1.26. The normalized spacial score (nSPS) is 14.6. The average Bonchev–Trinajstić information content (AvgIpc) is 2.37. The van der Waals surface area contributed by atoms with Crippen molar-refractivity contribution in [1.82, 2.24) is 4.72 Å². The molecule has 1 aromatic rings. The Bertz CT molecular complexity index is 619. The Kier molecular flexibility index (Phi) is 5.59. The second-order valence-electron chi connectivity index (χ2n) is 4.85. The van der Waals surface area contributed by atoms with Crippen LogP contribution < -0.4 is 4.72 Å². The van der Waals surface area contributed by atoms with Crippen LogP contribution in [0.15, 0.2) is 23.1 Å². The zero-order valence-corrected chi connectivity index (χ0v) is 13.3. The molecule has 0 radical (unpaired) electrons. The third-order valence-corrected chi connectivity index (χ3v) is 5.16. The number of aliphatic hydroxyl groups is 1. The number of nitriles is 1. The van der Waals surface area contributed by atoms with Gasteiger partial charge in [-0.15, -0.1) is 0 Å². The first-order chi connectivity index (χ1) is 9.22. The third-order valence-electron chi connectivity index (χ3n) is 2.71. The zero-order valence-electron chi connectivity index (χ0n) is 11.7. The molecule has 0 bridgehead atoms. The minimum absolute atomic E-state index is 0.0662. The largest absolute Gasteiger partial charge is 0.388 e. The predicted molar refractivity (Wildman–Crippen MR) is 80.1 cm³/mol. The summed E-state index contributed by atoms with van der Waals surface area (Å²) in [6.45, 7) is 3.16. The molecule has 2 N–H and O–H groups in total. The lowest BCUT2D eigenvalue weighted by Crippen LogP contribution is -2.42. The number of nitrogens with zero attached hydrogens (tertiary/aromatic N) is 1. The Morgan fingerprint density at radius 2 is 2.15 bits per heavy atom. The van der Waals surface area contributed by atoms with Gasteiger partial charge in [-0.25, -0.2) is 13.1 Å². The number of thioether (sulfide) groups is 1. The third kappa shape index (κ3) is 4.49. The smallest absolute Gasteiger partial charge is 0.240 e. The summed E-state index contributed by atoms with van der Waals surface area (Å²) in [4.78, 5) is 0.0662. The molecule has 0 spiro atoms. The second-order valence-corrected chi connectivity index (χ2v) is 7.45. The van der Waals surface area contributed by atoms with Gasteiger partial charge in [-0.3, -0.25) is 0 Å². The number of nitrogens with one attached hydrogen (secondary N) is 1. The number of hydrogen-bond acceptors (Lipinski definition) is 5. The zero-order chi connectivity index (χ0) is 15.4. The summed E-state index contributed by atoms with van der Waals surface area (Å²) in [7, 11) is -3.75. The van der Waals surface area contributed by atoms with Crippen LogP contribution in [0.4, 0.5) is 0 Å². The number of aryl methyl sites for hydroxylation is 1. The first-order valence-electron chi connectivity index (χ1n) is 5.93. The average molecular weight is 314 g/mol. The van der Waals surface area contributed by atoms with Gasteiger partial charge in [0.15, 0.2) is 0 Å². The summed E-state index contributed by atoms with van der Waals surface area (Å²) < 4.78 is 26.9. The minimum Gasteiger partial charge on any atom is -0.388 e. The van der Waals surface area contributed by atoms with Crippen LogP contribution in [0.5, 0.6) is 0 Å². The highest BCUT2D eigenvalue weighted by Gasteiger charge is 2.24. The molecule has 1 unspecified atom stereocenters. The van der Waals surface area contributed by atoms with Crippen LogP contribution in [0.3, 0.4) is 0 Å². The van der Waals surface area contributed by atoms with Crippen LogP contribution in [0.25, 0.3) is 0 Å². The molecule has 0 amide bonds. The van der Waals surface area contributed by atoms with Gasteiger partial charge in [0, 0.05) is 12.3 Å². The van der Waals surface area contributed by atoms with E-state index in [4.69, 9.17) is 5.26 Å². The summed E-state index contributed by atoms with van der Waals surface area (Å²) in [5.41, 5.74) is -0.277. The maximum Gasteiger partial charge on any atom is 0.240 e. The Balaban J connectivity index is 2.98. The highest BCUT2D eigenvalue weighted by Crippen LogP contribution is 2.17. The highest BCUT2D eigenvalue weighted by atomic mass is 32.2. The molecule has 0 aromatic heterocycles. The molecule has 7 heteroatoms. The standard InChI is InChI=1S/C13H18N2O3S2/c1-10-4-5-11(7-14)6-12(10)20(17,18)15-8-13(2,16)9-19-3/h4-6,15-16H,8-9H2,1-3H3. The van der Waals surface area contributed by atoms with Gasteiger partial charge in [-0.2, -0.15) is 17.0 Å². The fourth-order valence-corrected chi connectivity index (χ4v) is 3.80. The van der Waals surface area contributed by atoms with Crippen LogP contribution in [0.2, 0.25) is 0 Å². The van der Waals surface area contributed by atoms with Gasteiger partial charge in [0.2, 0.25) is 10.0 Å². The van der Waals surface area contributed by atoms with E-state index in [-0.39, 0.29) is 17.0 Å². The first-order valence-corrected chi connectivity index (χ1v) is 8.81. The van der Waals surface area contributed by atoms with Crippen molar-refractivity contribution in [3.05, 3.63) is 29.3 Å². The van der Waals surface area contributed by atoms with Crippen molar-refractivity contribution < 1.29 is 13.5 Å². The number of benzene rings is 1. The summed E-state index contributed by atoms with van der Waals surface area (Å²) >= 11 is 1.44. The van der Waals surface area contributed by atoms with E-state index in [0.29, 0.717) is 11.3 Å². The molecule has 110 valence electrons. The SMILES string of the molecule is CSCC(C)(O)CNS(=O)(=O)c1cc(C#N)ccc1C. The van der Waals surface area contributed by atoms with E-state index >= 15 is 0 Å². The lowest BCUT2D eigenvalue weighted by molar-refractivity contribution is 0.0908. The maximum absolute atomic E-state index is 12.2.